The molecule has 0 saturated carbocycles. The van der Waals surface area contributed by atoms with E-state index < -0.39 is 8.07 Å². The van der Waals surface area contributed by atoms with Crippen LogP contribution in [0.3, 0.4) is 0 Å². The molecule has 0 aromatic carbocycles. The molecule has 0 rings (SSSR count). The molecule has 0 bridgehead atoms. The Morgan fingerprint density at radius 1 is 1.50 bits per heavy atom. The number of hydrogen-bond acceptors (Lipinski definition) is 0. The summed E-state index contributed by atoms with van der Waals surface area (Å²) in [6.45, 7) is 10.5. The Balaban J connectivity index is 3.39. The smallest absolute Gasteiger partial charge is 0.0487 e. The van der Waals surface area contributed by atoms with E-state index in [1.165, 1.54) is 0 Å². The highest BCUT2D eigenvalue weighted by atomic mass is 28.3. The first-order valence-electron chi connectivity index (χ1n) is 2.90. The lowest BCUT2D eigenvalue weighted by molar-refractivity contribution is 1.46. The van der Waals surface area contributed by atoms with Crippen molar-refractivity contribution < 1.29 is 0 Å². The summed E-state index contributed by atoms with van der Waals surface area (Å²) < 4.78 is 0. The molecule has 0 saturated heterocycles. The first-order chi connectivity index (χ1) is 3.56. The normalized spacial score (nSPS) is 13.0. The quantitative estimate of drug-likeness (QED) is 0.499. The Morgan fingerprint density at radius 3 is 2.12 bits per heavy atom. The second kappa shape index (κ2) is 3.08. The first-order valence-corrected chi connectivity index (χ1v) is 6.61. The second-order valence-electron chi connectivity index (χ2n) is 3.15. The van der Waals surface area contributed by atoms with Crippen LogP contribution in [0.2, 0.25) is 25.7 Å². The fourth-order valence-corrected chi connectivity index (χ4v) is 1.14. The lowest BCUT2D eigenvalue weighted by Gasteiger charge is -2.10. The number of hydrogen-bond donors (Lipinski definition) is 0. The predicted molar refractivity (Wildman–Crippen MR) is 41.3 cm³/mol. The maximum atomic E-state index is 3.57. The minimum atomic E-state index is -0.861. The molecule has 0 aromatic heterocycles. The maximum Gasteiger partial charge on any atom is 0.0487 e. The average Bonchev–Trinajstić information content (AvgIpc) is 1.59. The topological polar surface area (TPSA) is 0 Å². The van der Waals surface area contributed by atoms with Crippen LogP contribution >= 0.6 is 0 Å². The summed E-state index contributed by atoms with van der Waals surface area (Å²) in [4.78, 5) is 0. The van der Waals surface area contributed by atoms with Gasteiger partial charge < -0.3 is 0 Å². The third-order valence-corrected chi connectivity index (χ3v) is 2.04. The summed E-state index contributed by atoms with van der Waals surface area (Å²) >= 11 is 0. The Labute approximate surface area is 53.6 Å². The maximum absolute atomic E-state index is 3.57. The number of rotatable bonds is 2. The molecule has 0 N–H and O–H groups in total. The van der Waals surface area contributed by atoms with E-state index >= 15 is 0 Å². The van der Waals surface area contributed by atoms with E-state index in [-0.39, 0.29) is 0 Å². The van der Waals surface area contributed by atoms with Gasteiger partial charge in [0.25, 0.3) is 0 Å². The molecule has 0 aliphatic carbocycles. The van der Waals surface area contributed by atoms with Gasteiger partial charge in [-0.1, -0.05) is 31.8 Å². The Bertz CT molecular complexity index is 76.9. The van der Waals surface area contributed by atoms with Gasteiger partial charge >= 0.3 is 0 Å². The van der Waals surface area contributed by atoms with Crippen LogP contribution in [-0.2, 0) is 0 Å². The minimum absolute atomic E-state index is 0.861. The second-order valence-corrected chi connectivity index (χ2v) is 8.62. The van der Waals surface area contributed by atoms with Crippen molar-refractivity contribution in [3.8, 4) is 0 Å². The molecule has 1 heteroatoms. The summed E-state index contributed by atoms with van der Waals surface area (Å²) in [5.74, 6) is 0. The van der Waals surface area contributed by atoms with E-state index in [9.17, 15) is 0 Å². The molecule has 8 heavy (non-hydrogen) atoms. The van der Waals surface area contributed by atoms with Crippen LogP contribution in [0.1, 0.15) is 0 Å². The Morgan fingerprint density at radius 2 is 2.00 bits per heavy atom. The van der Waals surface area contributed by atoms with Gasteiger partial charge in [-0.25, -0.2) is 0 Å². The van der Waals surface area contributed by atoms with Gasteiger partial charge in [-0.05, 0) is 13.0 Å². The van der Waals surface area contributed by atoms with E-state index in [0.29, 0.717) is 0 Å². The molecule has 0 aliphatic rings. The molecule has 0 aromatic rings. The fraction of sp³-hybridized carbons (Fsp3) is 0.571. The molecule has 0 nitrogen and oxygen atoms in total. The van der Waals surface area contributed by atoms with Gasteiger partial charge in [0.1, 0.15) is 0 Å². The predicted octanol–water partition coefficient (Wildman–Crippen LogP) is 2.52. The van der Waals surface area contributed by atoms with Gasteiger partial charge in [0, 0.05) is 8.07 Å². The molecular formula is C7H14Si. The molecule has 0 atom stereocenters. The Hall–Kier alpha value is -0.0431. The van der Waals surface area contributed by atoms with Gasteiger partial charge in [0.2, 0.25) is 0 Å². The highest BCUT2D eigenvalue weighted by Crippen LogP contribution is 2.06. The van der Waals surface area contributed by atoms with E-state index in [2.05, 4.69) is 32.6 Å². The van der Waals surface area contributed by atoms with Crippen molar-refractivity contribution in [3.05, 3.63) is 19.1 Å². The molecule has 0 spiro atoms. The van der Waals surface area contributed by atoms with Gasteiger partial charge in [0.05, 0.1) is 0 Å². The van der Waals surface area contributed by atoms with Crippen LogP contribution < -0.4 is 0 Å². The average molecular weight is 126 g/mol. The third-order valence-electron chi connectivity index (χ3n) is 0.777. The fourth-order valence-electron chi connectivity index (χ4n) is 0.378. The zero-order valence-corrected chi connectivity index (χ0v) is 6.99. The lowest BCUT2D eigenvalue weighted by atomic mass is 10.6. The molecule has 0 fully saturated rings. The summed E-state index contributed by atoms with van der Waals surface area (Å²) in [6.07, 6.45) is 4.88. The molecule has 0 aliphatic heterocycles. The van der Waals surface area contributed by atoms with Crippen molar-refractivity contribution in [3.63, 3.8) is 0 Å². The summed E-state index contributed by atoms with van der Waals surface area (Å²) in [5.41, 5.74) is 0. The van der Waals surface area contributed by atoms with E-state index in [0.717, 1.165) is 6.04 Å². The zero-order chi connectivity index (χ0) is 6.62. The molecule has 0 heterocycles. The van der Waals surface area contributed by atoms with Gasteiger partial charge in [-0.2, -0.15) is 0 Å². The van der Waals surface area contributed by atoms with E-state index in [1.807, 2.05) is 0 Å². The van der Waals surface area contributed by atoms with Crippen LogP contribution in [-0.4, -0.2) is 8.07 Å². The highest BCUT2D eigenvalue weighted by molar-refractivity contribution is 6.76. The minimum Gasteiger partial charge on any atom is -0.0810 e. The van der Waals surface area contributed by atoms with Crippen molar-refractivity contribution in [2.75, 3.05) is 0 Å². The molecule has 0 unspecified atom stereocenters. The van der Waals surface area contributed by atoms with Crippen LogP contribution in [0.5, 0.6) is 0 Å². The molecular weight excluding hydrogens is 112 g/mol. The standard InChI is InChI=1S/C7H14Si/c1-5-6-7-8(2,3)4/h5H,1,7H2,2-4H3. The molecule has 46 valence electrons. The third kappa shape index (κ3) is 5.96. The molecule has 0 amide bonds. The first kappa shape index (κ1) is 7.96. The summed E-state index contributed by atoms with van der Waals surface area (Å²) in [7, 11) is -0.861. The summed E-state index contributed by atoms with van der Waals surface area (Å²) in [5, 5.41) is 0. The van der Waals surface area contributed by atoms with Crippen LogP contribution in [0.15, 0.2) is 6.08 Å². The van der Waals surface area contributed by atoms with Crippen LogP contribution in [0.25, 0.3) is 0 Å². The lowest BCUT2D eigenvalue weighted by Crippen LogP contribution is -2.17. The van der Waals surface area contributed by atoms with Crippen molar-refractivity contribution in [2.24, 2.45) is 0 Å². The monoisotopic (exact) mass is 126 g/mol. The van der Waals surface area contributed by atoms with Crippen molar-refractivity contribution in [1.29, 1.82) is 0 Å². The van der Waals surface area contributed by atoms with Crippen molar-refractivity contribution in [1.82, 2.24) is 0 Å². The summed E-state index contributed by atoms with van der Waals surface area (Å²) in [6, 6.07) is 1.14. The molecule has 2 radical (unpaired) electrons. The van der Waals surface area contributed by atoms with Gasteiger partial charge in [-0.15, -0.1) is 0 Å². The zero-order valence-electron chi connectivity index (χ0n) is 5.99. The van der Waals surface area contributed by atoms with Crippen LogP contribution in [0.4, 0.5) is 0 Å². The van der Waals surface area contributed by atoms with Crippen LogP contribution in [0, 0.1) is 13.0 Å². The van der Waals surface area contributed by atoms with Crippen molar-refractivity contribution in [2.45, 2.75) is 25.7 Å². The highest BCUT2D eigenvalue weighted by Gasteiger charge is 2.08. The van der Waals surface area contributed by atoms with Crippen molar-refractivity contribution >= 4 is 8.07 Å². The van der Waals surface area contributed by atoms with Gasteiger partial charge in [-0.3, -0.25) is 0 Å². The number of allylic oxidation sites excluding steroid dienone is 2. The largest absolute Gasteiger partial charge is 0.0810 e. The van der Waals surface area contributed by atoms with E-state index in [4.69, 9.17) is 0 Å². The SMILES string of the molecule is [CH2]C=[C]C[Si](C)(C)C. The van der Waals surface area contributed by atoms with Gasteiger partial charge in [0.15, 0.2) is 0 Å². The van der Waals surface area contributed by atoms with E-state index in [1.54, 1.807) is 6.08 Å². The Kier molecular flexibility index (Phi) is 3.06.